The molecule has 1 atom stereocenters. The van der Waals surface area contributed by atoms with Crippen molar-refractivity contribution < 1.29 is 4.52 Å². The number of hydrogen-bond acceptors (Lipinski definition) is 5. The molecule has 2 rings (SSSR count). The van der Waals surface area contributed by atoms with E-state index in [9.17, 15) is 0 Å². The molecule has 1 aromatic rings. The SMILES string of the molecule is CC(C)NCC1CCCCN1Cc1nc(C(C)C)no1. The molecule has 2 heterocycles. The molecule has 0 bridgehead atoms. The molecule has 1 N–H and O–H groups in total. The molecule has 1 unspecified atom stereocenters. The number of aromatic nitrogens is 2. The summed E-state index contributed by atoms with van der Waals surface area (Å²) in [5.74, 6) is 1.89. The second kappa shape index (κ2) is 7.18. The van der Waals surface area contributed by atoms with Crippen LogP contribution in [0.2, 0.25) is 0 Å². The molecule has 1 aliphatic heterocycles. The summed E-state index contributed by atoms with van der Waals surface area (Å²) in [5, 5.41) is 7.60. The zero-order chi connectivity index (χ0) is 14.5. The summed E-state index contributed by atoms with van der Waals surface area (Å²) < 4.78 is 5.38. The lowest BCUT2D eigenvalue weighted by atomic mass is 10.0. The average molecular weight is 280 g/mol. The van der Waals surface area contributed by atoms with E-state index in [4.69, 9.17) is 4.52 Å². The van der Waals surface area contributed by atoms with Gasteiger partial charge in [0.15, 0.2) is 5.82 Å². The first-order valence-electron chi connectivity index (χ1n) is 7.86. The minimum Gasteiger partial charge on any atom is -0.338 e. The molecule has 0 saturated carbocycles. The standard InChI is InChI=1S/C15H28N4O/c1-11(2)15-17-14(20-18-15)10-19-8-6-5-7-13(19)9-16-12(3)4/h11-13,16H,5-10H2,1-4H3. The van der Waals surface area contributed by atoms with Gasteiger partial charge in [0.05, 0.1) is 6.54 Å². The van der Waals surface area contributed by atoms with E-state index in [0.29, 0.717) is 18.0 Å². The first kappa shape index (κ1) is 15.4. The predicted molar refractivity (Wildman–Crippen MR) is 79.6 cm³/mol. The van der Waals surface area contributed by atoms with Crippen LogP contribution in [-0.2, 0) is 6.54 Å². The molecule has 114 valence electrons. The van der Waals surface area contributed by atoms with Gasteiger partial charge in [0, 0.05) is 24.5 Å². The van der Waals surface area contributed by atoms with E-state index in [1.165, 1.54) is 19.3 Å². The van der Waals surface area contributed by atoms with Crippen LogP contribution in [0.1, 0.15) is 64.6 Å². The van der Waals surface area contributed by atoms with Crippen molar-refractivity contribution in [3.63, 3.8) is 0 Å². The van der Waals surface area contributed by atoms with Gasteiger partial charge in [-0.3, -0.25) is 4.90 Å². The Morgan fingerprint density at radius 3 is 2.75 bits per heavy atom. The highest BCUT2D eigenvalue weighted by atomic mass is 16.5. The van der Waals surface area contributed by atoms with Crippen molar-refractivity contribution in [1.82, 2.24) is 20.4 Å². The second-order valence-electron chi connectivity index (χ2n) is 6.38. The van der Waals surface area contributed by atoms with Gasteiger partial charge in [-0.05, 0) is 19.4 Å². The molecule has 20 heavy (non-hydrogen) atoms. The number of rotatable bonds is 6. The molecule has 1 aromatic heterocycles. The lowest BCUT2D eigenvalue weighted by molar-refractivity contribution is 0.120. The minimum atomic E-state index is 0.326. The Bertz CT molecular complexity index is 402. The second-order valence-corrected chi connectivity index (χ2v) is 6.38. The number of piperidine rings is 1. The Labute approximate surface area is 122 Å². The molecule has 1 aliphatic rings. The molecule has 0 aromatic carbocycles. The number of likely N-dealkylation sites (tertiary alicyclic amines) is 1. The lowest BCUT2D eigenvalue weighted by Crippen LogP contribution is -2.46. The van der Waals surface area contributed by atoms with E-state index in [1.807, 2.05) is 0 Å². The highest BCUT2D eigenvalue weighted by Gasteiger charge is 2.24. The predicted octanol–water partition coefficient (Wildman–Crippen LogP) is 2.55. The third-order valence-electron chi connectivity index (χ3n) is 3.85. The zero-order valence-electron chi connectivity index (χ0n) is 13.2. The third kappa shape index (κ3) is 4.28. The molecule has 0 amide bonds. The van der Waals surface area contributed by atoms with Crippen molar-refractivity contribution in [2.24, 2.45) is 0 Å². The summed E-state index contributed by atoms with van der Waals surface area (Å²) in [7, 11) is 0. The molecule has 0 spiro atoms. The van der Waals surface area contributed by atoms with Crippen LogP contribution in [-0.4, -0.2) is 40.2 Å². The fourth-order valence-corrected chi connectivity index (χ4v) is 2.61. The summed E-state index contributed by atoms with van der Waals surface area (Å²) in [5.41, 5.74) is 0. The largest absolute Gasteiger partial charge is 0.338 e. The van der Waals surface area contributed by atoms with E-state index >= 15 is 0 Å². The van der Waals surface area contributed by atoms with Gasteiger partial charge in [-0.25, -0.2) is 0 Å². The quantitative estimate of drug-likeness (QED) is 0.868. The van der Waals surface area contributed by atoms with E-state index in [0.717, 1.165) is 31.3 Å². The smallest absolute Gasteiger partial charge is 0.240 e. The van der Waals surface area contributed by atoms with Crippen LogP contribution in [0.15, 0.2) is 4.52 Å². The van der Waals surface area contributed by atoms with Crippen molar-refractivity contribution in [3.8, 4) is 0 Å². The van der Waals surface area contributed by atoms with Crippen molar-refractivity contribution in [2.45, 2.75) is 71.5 Å². The Morgan fingerprint density at radius 1 is 1.30 bits per heavy atom. The van der Waals surface area contributed by atoms with Crippen LogP contribution in [0.3, 0.4) is 0 Å². The summed E-state index contributed by atoms with van der Waals surface area (Å²) in [4.78, 5) is 6.98. The Kier molecular flexibility index (Phi) is 5.54. The maximum Gasteiger partial charge on any atom is 0.240 e. The van der Waals surface area contributed by atoms with Gasteiger partial charge >= 0.3 is 0 Å². The van der Waals surface area contributed by atoms with Crippen LogP contribution in [0.25, 0.3) is 0 Å². The van der Waals surface area contributed by atoms with Gasteiger partial charge in [0.25, 0.3) is 0 Å². The maximum atomic E-state index is 5.38. The molecule has 5 heteroatoms. The highest BCUT2D eigenvalue weighted by molar-refractivity contribution is 4.93. The van der Waals surface area contributed by atoms with Crippen molar-refractivity contribution in [2.75, 3.05) is 13.1 Å². The minimum absolute atomic E-state index is 0.326. The van der Waals surface area contributed by atoms with Gasteiger partial charge in [-0.15, -0.1) is 0 Å². The van der Waals surface area contributed by atoms with E-state index in [1.54, 1.807) is 0 Å². The van der Waals surface area contributed by atoms with Crippen LogP contribution in [0.4, 0.5) is 0 Å². The normalized spacial score (nSPS) is 21.0. The molecular formula is C15H28N4O. The molecule has 0 radical (unpaired) electrons. The first-order valence-corrected chi connectivity index (χ1v) is 7.86. The third-order valence-corrected chi connectivity index (χ3v) is 3.85. The zero-order valence-corrected chi connectivity index (χ0v) is 13.2. The topological polar surface area (TPSA) is 54.2 Å². The Morgan fingerprint density at radius 2 is 2.10 bits per heavy atom. The van der Waals surface area contributed by atoms with Crippen LogP contribution < -0.4 is 5.32 Å². The van der Waals surface area contributed by atoms with Gasteiger partial charge in [0.1, 0.15) is 0 Å². The maximum absolute atomic E-state index is 5.38. The van der Waals surface area contributed by atoms with Crippen LogP contribution in [0.5, 0.6) is 0 Å². The Hall–Kier alpha value is -0.940. The van der Waals surface area contributed by atoms with Crippen LogP contribution >= 0.6 is 0 Å². The molecule has 5 nitrogen and oxygen atoms in total. The van der Waals surface area contributed by atoms with Gasteiger partial charge in [-0.1, -0.05) is 39.3 Å². The van der Waals surface area contributed by atoms with E-state index in [2.05, 4.69) is 48.1 Å². The summed E-state index contributed by atoms with van der Waals surface area (Å²) in [6, 6.07) is 1.12. The fourth-order valence-electron chi connectivity index (χ4n) is 2.61. The van der Waals surface area contributed by atoms with Crippen molar-refractivity contribution in [3.05, 3.63) is 11.7 Å². The lowest BCUT2D eigenvalue weighted by Gasteiger charge is -2.35. The average Bonchev–Trinajstić information content (AvgIpc) is 2.86. The highest BCUT2D eigenvalue weighted by Crippen LogP contribution is 2.19. The first-order chi connectivity index (χ1) is 9.56. The Balaban J connectivity index is 1.93. The fraction of sp³-hybridized carbons (Fsp3) is 0.867. The van der Waals surface area contributed by atoms with Gasteiger partial charge in [0.2, 0.25) is 5.89 Å². The molecule has 1 saturated heterocycles. The number of hydrogen-bond donors (Lipinski definition) is 1. The van der Waals surface area contributed by atoms with Crippen molar-refractivity contribution >= 4 is 0 Å². The number of nitrogens with zero attached hydrogens (tertiary/aromatic N) is 3. The summed E-state index contributed by atoms with van der Waals surface area (Å²) in [6.45, 7) is 11.5. The van der Waals surface area contributed by atoms with Gasteiger partial charge < -0.3 is 9.84 Å². The summed E-state index contributed by atoms with van der Waals surface area (Å²) in [6.07, 6.45) is 3.84. The van der Waals surface area contributed by atoms with Crippen molar-refractivity contribution in [1.29, 1.82) is 0 Å². The van der Waals surface area contributed by atoms with Crippen LogP contribution in [0, 0.1) is 0 Å². The van der Waals surface area contributed by atoms with Gasteiger partial charge in [-0.2, -0.15) is 4.98 Å². The van der Waals surface area contributed by atoms with E-state index < -0.39 is 0 Å². The molecule has 0 aliphatic carbocycles. The molecule has 1 fully saturated rings. The number of nitrogens with one attached hydrogen (secondary N) is 1. The van der Waals surface area contributed by atoms with E-state index in [-0.39, 0.29) is 0 Å². The summed E-state index contributed by atoms with van der Waals surface area (Å²) >= 11 is 0. The monoisotopic (exact) mass is 280 g/mol. The molecular weight excluding hydrogens is 252 g/mol.